The van der Waals surface area contributed by atoms with E-state index in [4.69, 9.17) is 5.11 Å². The standard InChI is InChI=1S/C10H15N3O3/c1-5-7(3-10(15)16)6(2)13-8(11-5)4-9(14)12-13/h4-7,11H,3H2,1-2H3,(H,12,14)(H,15,16)/t5-,6-,7+/m0/s1. The van der Waals surface area contributed by atoms with Crippen LogP contribution in [0.4, 0.5) is 5.82 Å². The lowest BCUT2D eigenvalue weighted by atomic mass is 9.89. The summed E-state index contributed by atoms with van der Waals surface area (Å²) < 4.78 is 1.70. The minimum absolute atomic E-state index is 0.0231. The highest BCUT2D eigenvalue weighted by molar-refractivity contribution is 5.67. The maximum absolute atomic E-state index is 11.2. The fourth-order valence-electron chi connectivity index (χ4n) is 2.34. The average Bonchev–Trinajstić information content (AvgIpc) is 2.53. The van der Waals surface area contributed by atoms with Gasteiger partial charge in [-0.15, -0.1) is 0 Å². The molecule has 0 unspecified atom stereocenters. The number of nitrogens with zero attached hydrogens (tertiary/aromatic N) is 1. The fraction of sp³-hybridized carbons (Fsp3) is 0.600. The van der Waals surface area contributed by atoms with Gasteiger partial charge in [0.1, 0.15) is 5.82 Å². The molecule has 16 heavy (non-hydrogen) atoms. The fourth-order valence-corrected chi connectivity index (χ4v) is 2.34. The molecular formula is C10H15N3O3. The van der Waals surface area contributed by atoms with Crippen LogP contribution in [0, 0.1) is 5.92 Å². The third kappa shape index (κ3) is 1.70. The molecule has 1 aromatic rings. The first-order chi connectivity index (χ1) is 7.49. The van der Waals surface area contributed by atoms with Gasteiger partial charge in [-0.1, -0.05) is 0 Å². The van der Waals surface area contributed by atoms with E-state index in [-0.39, 0.29) is 30.0 Å². The summed E-state index contributed by atoms with van der Waals surface area (Å²) >= 11 is 0. The van der Waals surface area contributed by atoms with Crippen LogP contribution >= 0.6 is 0 Å². The summed E-state index contributed by atoms with van der Waals surface area (Å²) in [7, 11) is 0. The zero-order valence-corrected chi connectivity index (χ0v) is 9.23. The number of carbonyl (C=O) groups is 1. The lowest BCUT2D eigenvalue weighted by Gasteiger charge is -2.36. The number of nitrogens with one attached hydrogen (secondary N) is 2. The van der Waals surface area contributed by atoms with Crippen LogP contribution in [0.5, 0.6) is 0 Å². The second-order valence-corrected chi connectivity index (χ2v) is 4.31. The van der Waals surface area contributed by atoms with Crippen LogP contribution in [-0.2, 0) is 4.79 Å². The highest BCUT2D eigenvalue weighted by Gasteiger charge is 2.33. The van der Waals surface area contributed by atoms with Crippen LogP contribution in [0.1, 0.15) is 26.3 Å². The summed E-state index contributed by atoms with van der Waals surface area (Å²) in [6.07, 6.45) is 0.0922. The van der Waals surface area contributed by atoms with Crippen LogP contribution in [0.25, 0.3) is 0 Å². The number of hydrogen-bond donors (Lipinski definition) is 3. The van der Waals surface area contributed by atoms with E-state index >= 15 is 0 Å². The van der Waals surface area contributed by atoms with Crippen LogP contribution < -0.4 is 10.9 Å². The minimum Gasteiger partial charge on any atom is -0.481 e. The Labute approximate surface area is 92.3 Å². The van der Waals surface area contributed by atoms with Gasteiger partial charge in [-0.3, -0.25) is 19.4 Å². The summed E-state index contributed by atoms with van der Waals surface area (Å²) in [6.45, 7) is 3.86. The van der Waals surface area contributed by atoms with Crippen LogP contribution in [-0.4, -0.2) is 26.9 Å². The lowest BCUT2D eigenvalue weighted by Crippen LogP contribution is -2.39. The normalized spacial score (nSPS) is 28.2. The molecule has 6 nitrogen and oxygen atoms in total. The Morgan fingerprint density at radius 1 is 1.56 bits per heavy atom. The molecule has 0 amide bonds. The van der Waals surface area contributed by atoms with Gasteiger partial charge < -0.3 is 10.4 Å². The summed E-state index contributed by atoms with van der Waals surface area (Å²) in [4.78, 5) is 22.0. The molecule has 0 fully saturated rings. The first-order valence-electron chi connectivity index (χ1n) is 5.29. The molecule has 2 rings (SSSR count). The van der Waals surface area contributed by atoms with E-state index in [1.165, 1.54) is 6.07 Å². The Kier molecular flexibility index (Phi) is 2.49. The molecule has 1 aromatic heterocycles. The molecule has 0 aromatic carbocycles. The van der Waals surface area contributed by atoms with Crippen molar-refractivity contribution in [2.75, 3.05) is 5.32 Å². The van der Waals surface area contributed by atoms with Crippen molar-refractivity contribution in [2.45, 2.75) is 32.4 Å². The summed E-state index contributed by atoms with van der Waals surface area (Å²) in [5, 5.41) is 14.7. The number of carboxylic acid groups (broad SMARTS) is 1. The van der Waals surface area contributed by atoms with Gasteiger partial charge in [0.15, 0.2) is 0 Å². The average molecular weight is 225 g/mol. The van der Waals surface area contributed by atoms with E-state index in [0.717, 1.165) is 5.82 Å². The van der Waals surface area contributed by atoms with Crippen molar-refractivity contribution >= 4 is 11.8 Å². The van der Waals surface area contributed by atoms with Crippen molar-refractivity contribution in [3.63, 3.8) is 0 Å². The number of hydrogen-bond acceptors (Lipinski definition) is 3. The largest absolute Gasteiger partial charge is 0.481 e. The molecule has 0 bridgehead atoms. The number of aliphatic carboxylic acids is 1. The summed E-state index contributed by atoms with van der Waals surface area (Å²) in [6, 6.07) is 1.51. The van der Waals surface area contributed by atoms with Crippen molar-refractivity contribution in [1.82, 2.24) is 9.78 Å². The molecule has 2 heterocycles. The molecule has 3 N–H and O–H groups in total. The van der Waals surface area contributed by atoms with Crippen LogP contribution in [0.2, 0.25) is 0 Å². The van der Waals surface area contributed by atoms with E-state index in [1.54, 1.807) is 4.68 Å². The molecule has 0 radical (unpaired) electrons. The first-order valence-corrected chi connectivity index (χ1v) is 5.29. The van der Waals surface area contributed by atoms with Crippen molar-refractivity contribution in [1.29, 1.82) is 0 Å². The van der Waals surface area contributed by atoms with Gasteiger partial charge in [0.25, 0.3) is 5.56 Å². The molecule has 0 saturated carbocycles. The number of H-pyrrole nitrogens is 1. The van der Waals surface area contributed by atoms with Crippen molar-refractivity contribution in [3.8, 4) is 0 Å². The SMILES string of the molecule is C[C@@H]1Nc2cc(=O)[nH]n2[C@@H](C)[C@@H]1CC(=O)O. The zero-order valence-electron chi connectivity index (χ0n) is 9.23. The van der Waals surface area contributed by atoms with Crippen LogP contribution in [0.3, 0.4) is 0 Å². The highest BCUT2D eigenvalue weighted by Crippen LogP contribution is 2.32. The minimum atomic E-state index is -0.816. The summed E-state index contributed by atoms with van der Waals surface area (Å²) in [5.74, 6) is -0.122. The first kappa shape index (κ1) is 10.8. The molecule has 6 heteroatoms. The predicted octanol–water partition coefficient (Wildman–Crippen LogP) is 0.642. The van der Waals surface area contributed by atoms with E-state index in [0.29, 0.717) is 0 Å². The third-order valence-electron chi connectivity index (χ3n) is 3.21. The molecule has 1 aliphatic heterocycles. The number of aromatic nitrogens is 2. The Morgan fingerprint density at radius 3 is 2.88 bits per heavy atom. The lowest BCUT2D eigenvalue weighted by molar-refractivity contribution is -0.138. The van der Waals surface area contributed by atoms with Gasteiger partial charge in [-0.2, -0.15) is 0 Å². The van der Waals surface area contributed by atoms with Crippen molar-refractivity contribution in [2.24, 2.45) is 5.92 Å². The van der Waals surface area contributed by atoms with Gasteiger partial charge >= 0.3 is 5.97 Å². The Bertz CT molecular complexity index is 462. The zero-order chi connectivity index (χ0) is 11.9. The number of anilines is 1. The molecule has 1 aliphatic rings. The second-order valence-electron chi connectivity index (χ2n) is 4.31. The van der Waals surface area contributed by atoms with E-state index in [9.17, 15) is 9.59 Å². The number of fused-ring (bicyclic) bond motifs is 1. The van der Waals surface area contributed by atoms with Crippen LogP contribution in [0.15, 0.2) is 10.9 Å². The maximum atomic E-state index is 11.2. The molecule has 88 valence electrons. The van der Waals surface area contributed by atoms with Crippen molar-refractivity contribution in [3.05, 3.63) is 16.4 Å². The Hall–Kier alpha value is -1.72. The molecule has 0 saturated heterocycles. The molecule has 3 atom stereocenters. The molecule has 0 aliphatic carbocycles. The molecular weight excluding hydrogens is 210 g/mol. The monoisotopic (exact) mass is 225 g/mol. The second kappa shape index (κ2) is 3.70. The molecule has 0 spiro atoms. The van der Waals surface area contributed by atoms with Gasteiger partial charge in [-0.05, 0) is 13.8 Å². The number of rotatable bonds is 2. The van der Waals surface area contributed by atoms with Crippen molar-refractivity contribution < 1.29 is 9.90 Å². The number of aromatic amines is 1. The predicted molar refractivity (Wildman–Crippen MR) is 58.6 cm³/mol. The summed E-state index contributed by atoms with van der Waals surface area (Å²) in [5.41, 5.74) is -0.169. The Balaban J connectivity index is 2.33. The maximum Gasteiger partial charge on any atom is 0.303 e. The smallest absolute Gasteiger partial charge is 0.303 e. The van der Waals surface area contributed by atoms with E-state index in [2.05, 4.69) is 10.4 Å². The quantitative estimate of drug-likeness (QED) is 0.689. The van der Waals surface area contributed by atoms with E-state index < -0.39 is 5.97 Å². The Morgan fingerprint density at radius 2 is 2.25 bits per heavy atom. The van der Waals surface area contributed by atoms with Gasteiger partial charge in [0.2, 0.25) is 0 Å². The highest BCUT2D eigenvalue weighted by atomic mass is 16.4. The topological polar surface area (TPSA) is 87.1 Å². The third-order valence-corrected chi connectivity index (χ3v) is 3.21. The van der Waals surface area contributed by atoms with Gasteiger partial charge in [0.05, 0.1) is 12.5 Å². The number of carboxylic acids is 1. The van der Waals surface area contributed by atoms with Gasteiger partial charge in [-0.25, -0.2) is 0 Å². The van der Waals surface area contributed by atoms with E-state index in [1.807, 2.05) is 13.8 Å². The van der Waals surface area contributed by atoms with Gasteiger partial charge in [0, 0.05) is 18.0 Å².